The Kier molecular flexibility index (Phi) is 4.55. The third-order valence-corrected chi connectivity index (χ3v) is 6.10. The first-order valence-electron chi connectivity index (χ1n) is 10.6. The van der Waals surface area contributed by atoms with Gasteiger partial charge in [0.1, 0.15) is 0 Å². The molecule has 3 aromatic heterocycles. The number of hydrogen-bond acceptors (Lipinski definition) is 3. The topological polar surface area (TPSA) is 56.9 Å². The standard InChI is InChI=1S/C27H23N3O2/c1-16(2)18(4)27(32)29-12-11-19-6-8-21(14-24(19)29)30-25(31)10-7-20-15-28-23-9-5-17(3)13-22(23)26(20)30/h5-15H,1-4H3. The van der Waals surface area contributed by atoms with Crippen LogP contribution in [0.5, 0.6) is 0 Å². The van der Waals surface area contributed by atoms with Crippen LogP contribution in [-0.2, 0) is 0 Å². The van der Waals surface area contributed by atoms with Gasteiger partial charge in [0.15, 0.2) is 0 Å². The summed E-state index contributed by atoms with van der Waals surface area (Å²) < 4.78 is 3.37. The molecule has 5 nitrogen and oxygen atoms in total. The van der Waals surface area contributed by atoms with Crippen molar-refractivity contribution in [1.29, 1.82) is 0 Å². The van der Waals surface area contributed by atoms with Crippen LogP contribution in [-0.4, -0.2) is 20.0 Å². The lowest BCUT2D eigenvalue weighted by Crippen LogP contribution is -2.18. The van der Waals surface area contributed by atoms with Crippen molar-refractivity contribution in [3.05, 3.63) is 94.1 Å². The van der Waals surface area contributed by atoms with Crippen LogP contribution < -0.4 is 5.56 Å². The number of pyridine rings is 2. The van der Waals surface area contributed by atoms with E-state index in [9.17, 15) is 9.59 Å². The van der Waals surface area contributed by atoms with Crippen molar-refractivity contribution in [2.75, 3.05) is 0 Å². The highest BCUT2D eigenvalue weighted by atomic mass is 16.2. The largest absolute Gasteiger partial charge is 0.283 e. The first-order chi connectivity index (χ1) is 15.3. The summed E-state index contributed by atoms with van der Waals surface area (Å²) in [6.45, 7) is 7.73. The molecule has 2 aromatic carbocycles. The maximum atomic E-state index is 13.1. The van der Waals surface area contributed by atoms with Gasteiger partial charge >= 0.3 is 0 Å². The van der Waals surface area contributed by atoms with Crippen LogP contribution in [0.25, 0.3) is 38.4 Å². The molecular formula is C27H23N3O2. The number of benzene rings is 2. The molecule has 0 atom stereocenters. The molecule has 5 heteroatoms. The van der Waals surface area contributed by atoms with Crippen LogP contribution in [0, 0.1) is 6.92 Å². The van der Waals surface area contributed by atoms with Crippen molar-refractivity contribution < 1.29 is 4.79 Å². The van der Waals surface area contributed by atoms with Gasteiger partial charge in [0.2, 0.25) is 0 Å². The highest BCUT2D eigenvalue weighted by molar-refractivity contribution is 6.05. The Morgan fingerprint density at radius 1 is 0.906 bits per heavy atom. The van der Waals surface area contributed by atoms with E-state index >= 15 is 0 Å². The molecule has 0 saturated carbocycles. The molecular weight excluding hydrogens is 398 g/mol. The highest BCUT2D eigenvalue weighted by Gasteiger charge is 2.15. The summed E-state index contributed by atoms with van der Waals surface area (Å²) >= 11 is 0. The average Bonchev–Trinajstić information content (AvgIpc) is 3.21. The number of hydrogen-bond donors (Lipinski definition) is 0. The predicted octanol–water partition coefficient (Wildman–Crippen LogP) is 5.80. The molecule has 0 amide bonds. The van der Waals surface area contributed by atoms with Gasteiger partial charge in [-0.15, -0.1) is 0 Å². The van der Waals surface area contributed by atoms with Crippen molar-refractivity contribution in [2.45, 2.75) is 27.7 Å². The van der Waals surface area contributed by atoms with E-state index in [0.29, 0.717) is 11.3 Å². The molecule has 0 spiro atoms. The van der Waals surface area contributed by atoms with Crippen LogP contribution in [0.4, 0.5) is 0 Å². The van der Waals surface area contributed by atoms with E-state index in [1.807, 2.05) is 70.2 Å². The number of fused-ring (bicyclic) bond motifs is 4. The SMILES string of the molecule is CC(C)=C(C)C(=O)n1ccc2ccc(-n3c(=O)ccc4cnc5ccc(C)cc5c43)cc21. The summed E-state index contributed by atoms with van der Waals surface area (Å²) in [4.78, 5) is 30.7. The molecule has 0 aliphatic heterocycles. The molecule has 32 heavy (non-hydrogen) atoms. The quantitative estimate of drug-likeness (QED) is 0.267. The second kappa shape index (κ2) is 7.31. The zero-order valence-corrected chi connectivity index (χ0v) is 18.5. The summed E-state index contributed by atoms with van der Waals surface area (Å²) in [5.74, 6) is -0.0623. The smallest absolute Gasteiger partial charge is 0.257 e. The second-order valence-electron chi connectivity index (χ2n) is 8.45. The summed E-state index contributed by atoms with van der Waals surface area (Å²) in [7, 11) is 0. The van der Waals surface area contributed by atoms with E-state index < -0.39 is 0 Å². The predicted molar refractivity (Wildman–Crippen MR) is 130 cm³/mol. The normalized spacial score (nSPS) is 11.4. The lowest BCUT2D eigenvalue weighted by atomic mass is 10.1. The van der Waals surface area contributed by atoms with E-state index in [1.54, 1.807) is 27.6 Å². The van der Waals surface area contributed by atoms with E-state index in [0.717, 1.165) is 43.8 Å². The Hall–Kier alpha value is -3.99. The van der Waals surface area contributed by atoms with Crippen molar-refractivity contribution in [3.8, 4) is 5.69 Å². The second-order valence-corrected chi connectivity index (χ2v) is 8.45. The lowest BCUT2D eigenvalue weighted by molar-refractivity contribution is 0.0959. The van der Waals surface area contributed by atoms with Crippen LogP contribution in [0.2, 0.25) is 0 Å². The summed E-state index contributed by atoms with van der Waals surface area (Å²) in [6, 6.07) is 17.1. The molecule has 3 heterocycles. The molecule has 0 radical (unpaired) electrons. The van der Waals surface area contributed by atoms with Gasteiger partial charge in [-0.2, -0.15) is 0 Å². The van der Waals surface area contributed by atoms with Crippen molar-refractivity contribution in [1.82, 2.24) is 14.1 Å². The Morgan fingerprint density at radius 2 is 1.69 bits per heavy atom. The van der Waals surface area contributed by atoms with Gasteiger partial charge < -0.3 is 0 Å². The number of rotatable bonds is 2. The molecule has 158 valence electrons. The minimum absolute atomic E-state index is 0.0623. The van der Waals surface area contributed by atoms with Crippen LogP contribution in [0.3, 0.4) is 0 Å². The van der Waals surface area contributed by atoms with Gasteiger partial charge in [-0.3, -0.25) is 23.7 Å². The first kappa shape index (κ1) is 19.9. The average molecular weight is 422 g/mol. The maximum absolute atomic E-state index is 13.1. The van der Waals surface area contributed by atoms with Crippen LogP contribution in [0.15, 0.2) is 82.9 Å². The molecule has 5 rings (SSSR count). The van der Waals surface area contributed by atoms with E-state index in [4.69, 9.17) is 0 Å². The Balaban J connectivity index is 1.84. The van der Waals surface area contributed by atoms with Gasteiger partial charge in [0.25, 0.3) is 11.5 Å². The van der Waals surface area contributed by atoms with Crippen LogP contribution >= 0.6 is 0 Å². The lowest BCUT2D eigenvalue weighted by Gasteiger charge is -2.14. The third kappa shape index (κ3) is 3.05. The molecule has 0 unspecified atom stereocenters. The fraction of sp³-hybridized carbons (Fsp3) is 0.148. The Labute approximate surface area is 185 Å². The number of aryl methyl sites for hydroxylation is 1. The van der Waals surface area contributed by atoms with E-state index in [-0.39, 0.29) is 11.5 Å². The maximum Gasteiger partial charge on any atom is 0.257 e. The monoisotopic (exact) mass is 421 g/mol. The molecule has 0 aliphatic rings. The van der Waals surface area contributed by atoms with E-state index in [1.165, 1.54) is 0 Å². The van der Waals surface area contributed by atoms with Gasteiger partial charge in [-0.1, -0.05) is 23.3 Å². The minimum Gasteiger partial charge on any atom is -0.283 e. The first-order valence-corrected chi connectivity index (χ1v) is 10.6. The van der Waals surface area contributed by atoms with Crippen LogP contribution in [0.1, 0.15) is 31.1 Å². The minimum atomic E-state index is -0.129. The molecule has 5 aromatic rings. The van der Waals surface area contributed by atoms with Gasteiger partial charge in [-0.25, -0.2) is 0 Å². The molecule has 0 bridgehead atoms. The highest BCUT2D eigenvalue weighted by Crippen LogP contribution is 2.27. The van der Waals surface area contributed by atoms with Gasteiger partial charge in [0, 0.05) is 40.2 Å². The molecule has 0 aliphatic carbocycles. The van der Waals surface area contributed by atoms with Crippen molar-refractivity contribution >= 4 is 38.6 Å². The Morgan fingerprint density at radius 3 is 2.47 bits per heavy atom. The fourth-order valence-corrected chi connectivity index (χ4v) is 4.11. The number of allylic oxidation sites excluding steroid dienone is 2. The molecule has 0 fully saturated rings. The van der Waals surface area contributed by atoms with Crippen molar-refractivity contribution in [2.24, 2.45) is 0 Å². The molecule has 0 saturated heterocycles. The number of nitrogens with zero attached hydrogens (tertiary/aromatic N) is 3. The summed E-state index contributed by atoms with van der Waals surface area (Å²) in [5.41, 5.74) is 5.79. The number of carbonyl (C=O) groups excluding carboxylic acids is 1. The Bertz CT molecular complexity index is 1650. The van der Waals surface area contributed by atoms with Crippen molar-refractivity contribution in [3.63, 3.8) is 0 Å². The molecule has 0 N–H and O–H groups in total. The fourth-order valence-electron chi connectivity index (χ4n) is 4.11. The summed E-state index contributed by atoms with van der Waals surface area (Å²) in [6.07, 6.45) is 3.59. The van der Waals surface area contributed by atoms with E-state index in [2.05, 4.69) is 11.1 Å². The zero-order chi connectivity index (χ0) is 22.6. The van der Waals surface area contributed by atoms with Gasteiger partial charge in [0.05, 0.1) is 22.2 Å². The summed E-state index contributed by atoms with van der Waals surface area (Å²) in [5, 5.41) is 2.75. The zero-order valence-electron chi connectivity index (χ0n) is 18.5. The number of aromatic nitrogens is 3. The van der Waals surface area contributed by atoms with Gasteiger partial charge in [-0.05, 0) is 64.1 Å². The number of carbonyl (C=O) groups is 1. The third-order valence-electron chi connectivity index (χ3n) is 6.10.